The normalized spacial score (nSPS) is 14.4. The topological polar surface area (TPSA) is 64.8 Å². The highest BCUT2D eigenvalue weighted by Gasteiger charge is 2.43. The van der Waals surface area contributed by atoms with Gasteiger partial charge in [0, 0.05) is 13.2 Å². The third-order valence-electron chi connectivity index (χ3n) is 2.35. The summed E-state index contributed by atoms with van der Waals surface area (Å²) in [6, 6.07) is 0. The Hall–Kier alpha value is -1.20. The minimum absolute atomic E-state index is 0.0298. The number of alkyl halides is 4. The van der Waals surface area contributed by atoms with Gasteiger partial charge in [0.05, 0.1) is 6.20 Å². The molecule has 21 heavy (non-hydrogen) atoms. The predicted octanol–water partition coefficient (Wildman–Crippen LogP) is 2.99. The van der Waals surface area contributed by atoms with Crippen molar-refractivity contribution in [1.29, 1.82) is 0 Å². The number of thiazole rings is 1. The maximum Gasteiger partial charge on any atom is 0.419 e. The Bertz CT molecular complexity index is 768. The third-order valence-corrected chi connectivity index (χ3v) is 5.57. The quantitative estimate of drug-likeness (QED) is 0.786. The molecule has 0 N–H and O–H groups in total. The number of rotatable bonds is 3. The summed E-state index contributed by atoms with van der Waals surface area (Å²) in [5.41, 5.74) is -5.67. The molecule has 2 heterocycles. The molecular formula is C9H6ClF4N3O2S2. The van der Waals surface area contributed by atoms with Crippen LogP contribution in [-0.4, -0.2) is 23.2 Å². The Morgan fingerprint density at radius 1 is 1.43 bits per heavy atom. The van der Waals surface area contributed by atoms with Gasteiger partial charge in [-0.1, -0.05) is 22.9 Å². The van der Waals surface area contributed by atoms with Gasteiger partial charge in [0.2, 0.25) is 14.2 Å². The molecule has 12 heteroatoms. The summed E-state index contributed by atoms with van der Waals surface area (Å²) in [4.78, 5) is 3.38. The standard InChI is InChI=1S/C9H6ClF4N3O2S2/c1-17-3-4(9(12,13)14)6(16-17)7(11)21(18,19)8-15-2-5(10)20-8/h2-3,7H,1H3. The maximum absolute atomic E-state index is 14.2. The molecule has 5 nitrogen and oxygen atoms in total. The lowest BCUT2D eigenvalue weighted by atomic mass is 10.2. The van der Waals surface area contributed by atoms with E-state index in [0.717, 1.165) is 13.2 Å². The van der Waals surface area contributed by atoms with Crippen molar-refractivity contribution in [2.24, 2.45) is 7.05 Å². The van der Waals surface area contributed by atoms with Gasteiger partial charge in [-0.3, -0.25) is 4.68 Å². The van der Waals surface area contributed by atoms with Crippen molar-refractivity contribution >= 4 is 32.8 Å². The Morgan fingerprint density at radius 3 is 2.52 bits per heavy atom. The second kappa shape index (κ2) is 5.21. The Kier molecular flexibility index (Phi) is 4.02. The van der Waals surface area contributed by atoms with Crippen LogP contribution in [0.5, 0.6) is 0 Å². The van der Waals surface area contributed by atoms with E-state index in [9.17, 15) is 26.0 Å². The lowest BCUT2D eigenvalue weighted by molar-refractivity contribution is -0.138. The first kappa shape index (κ1) is 16.2. The van der Waals surface area contributed by atoms with Gasteiger partial charge in [-0.2, -0.15) is 18.3 Å². The average molecular weight is 364 g/mol. The first-order chi connectivity index (χ1) is 9.53. The van der Waals surface area contributed by atoms with Gasteiger partial charge in [0.25, 0.3) is 5.50 Å². The Balaban J connectivity index is 2.52. The van der Waals surface area contributed by atoms with Crippen molar-refractivity contribution < 1.29 is 26.0 Å². The number of halogens is 5. The molecule has 1 unspecified atom stereocenters. The smallest absolute Gasteiger partial charge is 0.275 e. The van der Waals surface area contributed by atoms with E-state index in [-0.39, 0.29) is 4.34 Å². The zero-order chi connectivity index (χ0) is 16.0. The first-order valence-electron chi connectivity index (χ1n) is 5.13. The molecule has 0 aliphatic rings. The van der Waals surface area contributed by atoms with E-state index in [1.165, 1.54) is 0 Å². The zero-order valence-electron chi connectivity index (χ0n) is 10.1. The van der Waals surface area contributed by atoms with Crippen LogP contribution in [0.15, 0.2) is 16.7 Å². The zero-order valence-corrected chi connectivity index (χ0v) is 12.5. The van der Waals surface area contributed by atoms with Gasteiger partial charge < -0.3 is 0 Å². The molecule has 2 aromatic heterocycles. The summed E-state index contributed by atoms with van der Waals surface area (Å²) in [5, 5.41) is 3.26. The van der Waals surface area contributed by atoms with Gasteiger partial charge >= 0.3 is 6.18 Å². The summed E-state index contributed by atoms with van der Waals surface area (Å²) in [7, 11) is -3.64. The third kappa shape index (κ3) is 3.04. The van der Waals surface area contributed by atoms with Crippen molar-refractivity contribution in [3.8, 4) is 0 Å². The van der Waals surface area contributed by atoms with E-state index in [1.54, 1.807) is 0 Å². The van der Waals surface area contributed by atoms with Crippen LogP contribution >= 0.6 is 22.9 Å². The minimum atomic E-state index is -4.93. The van der Waals surface area contributed by atoms with Crippen LogP contribution in [0.2, 0.25) is 4.34 Å². The highest BCUT2D eigenvalue weighted by molar-refractivity contribution is 7.93. The van der Waals surface area contributed by atoms with Crippen molar-refractivity contribution in [3.63, 3.8) is 0 Å². The molecule has 0 aromatic carbocycles. The first-order valence-corrected chi connectivity index (χ1v) is 7.87. The molecule has 0 radical (unpaired) electrons. The largest absolute Gasteiger partial charge is 0.419 e. The van der Waals surface area contributed by atoms with Crippen LogP contribution in [0.3, 0.4) is 0 Å². The number of nitrogens with zero attached hydrogens (tertiary/aromatic N) is 3. The molecule has 1 atom stereocenters. The second-order valence-electron chi connectivity index (χ2n) is 3.89. The molecule has 0 spiro atoms. The van der Waals surface area contributed by atoms with E-state index in [4.69, 9.17) is 11.6 Å². The molecule has 2 aromatic rings. The molecule has 2 rings (SSSR count). The number of sulfone groups is 1. The van der Waals surface area contributed by atoms with Crippen molar-refractivity contribution in [1.82, 2.24) is 14.8 Å². The van der Waals surface area contributed by atoms with Crippen LogP contribution in [0, 0.1) is 0 Å². The van der Waals surface area contributed by atoms with Crippen LogP contribution in [-0.2, 0) is 23.1 Å². The van der Waals surface area contributed by atoms with E-state index >= 15 is 0 Å². The fourth-order valence-corrected chi connectivity index (χ4v) is 4.11. The van der Waals surface area contributed by atoms with E-state index in [1.807, 2.05) is 0 Å². The molecule has 0 saturated carbocycles. The summed E-state index contributed by atoms with van der Waals surface area (Å²) in [6.45, 7) is 0. The number of hydrogen-bond acceptors (Lipinski definition) is 5. The van der Waals surface area contributed by atoms with Gasteiger partial charge in [-0.15, -0.1) is 0 Å². The highest BCUT2D eigenvalue weighted by atomic mass is 35.5. The predicted molar refractivity (Wildman–Crippen MR) is 66.4 cm³/mol. The molecule has 0 bridgehead atoms. The van der Waals surface area contributed by atoms with Crippen LogP contribution < -0.4 is 0 Å². The van der Waals surface area contributed by atoms with Crippen molar-refractivity contribution in [2.75, 3.05) is 0 Å². The highest BCUT2D eigenvalue weighted by Crippen LogP contribution is 2.39. The van der Waals surface area contributed by atoms with E-state index < -0.39 is 37.1 Å². The van der Waals surface area contributed by atoms with Crippen molar-refractivity contribution in [2.45, 2.75) is 16.0 Å². The van der Waals surface area contributed by atoms with Gasteiger partial charge in [-0.25, -0.2) is 17.8 Å². The van der Waals surface area contributed by atoms with Gasteiger partial charge in [0.1, 0.15) is 15.6 Å². The van der Waals surface area contributed by atoms with Crippen LogP contribution in [0.1, 0.15) is 16.8 Å². The van der Waals surface area contributed by atoms with Gasteiger partial charge in [-0.05, 0) is 0 Å². The molecule has 0 saturated heterocycles. The molecular weight excluding hydrogens is 358 g/mol. The summed E-state index contributed by atoms with van der Waals surface area (Å²) < 4.78 is 76.3. The average Bonchev–Trinajstić information content (AvgIpc) is 2.93. The Labute approximate surface area is 125 Å². The lowest BCUT2D eigenvalue weighted by Gasteiger charge is -2.09. The maximum atomic E-state index is 14.2. The van der Waals surface area contributed by atoms with Crippen LogP contribution in [0.4, 0.5) is 17.6 Å². The molecule has 0 fully saturated rings. The lowest BCUT2D eigenvalue weighted by Crippen LogP contribution is -2.15. The summed E-state index contributed by atoms with van der Waals surface area (Å²) in [6.07, 6.45) is -3.45. The monoisotopic (exact) mass is 363 g/mol. The molecule has 0 aliphatic heterocycles. The fraction of sp³-hybridized carbons (Fsp3) is 0.333. The number of aromatic nitrogens is 3. The minimum Gasteiger partial charge on any atom is -0.275 e. The van der Waals surface area contributed by atoms with Gasteiger partial charge in [0.15, 0.2) is 0 Å². The number of hydrogen-bond donors (Lipinski definition) is 0. The summed E-state index contributed by atoms with van der Waals surface area (Å²) >= 11 is 5.94. The summed E-state index contributed by atoms with van der Waals surface area (Å²) in [5.74, 6) is 0. The molecule has 116 valence electrons. The molecule has 0 amide bonds. The fourth-order valence-electron chi connectivity index (χ4n) is 1.50. The van der Waals surface area contributed by atoms with Crippen molar-refractivity contribution in [3.05, 3.63) is 28.0 Å². The number of aryl methyl sites for hydroxylation is 1. The van der Waals surface area contributed by atoms with E-state index in [0.29, 0.717) is 22.2 Å². The Morgan fingerprint density at radius 2 is 2.05 bits per heavy atom. The van der Waals surface area contributed by atoms with E-state index in [2.05, 4.69) is 10.1 Å². The SMILES string of the molecule is Cn1cc(C(F)(F)F)c(C(F)S(=O)(=O)c2ncc(Cl)s2)n1. The van der Waals surface area contributed by atoms with Crippen LogP contribution in [0.25, 0.3) is 0 Å². The second-order valence-corrected chi connectivity index (χ2v) is 7.70. The molecule has 0 aliphatic carbocycles.